The normalized spacial score (nSPS) is 35.6. The van der Waals surface area contributed by atoms with Crippen LogP contribution < -0.4 is 4.90 Å². The molecule has 3 aliphatic rings. The molecule has 9 heteroatoms. The van der Waals surface area contributed by atoms with Crippen LogP contribution in [-0.4, -0.2) is 39.7 Å². The van der Waals surface area contributed by atoms with Crippen LogP contribution in [0.4, 0.5) is 11.4 Å². The van der Waals surface area contributed by atoms with Gasteiger partial charge in [0.1, 0.15) is 5.60 Å². The topological polar surface area (TPSA) is 110 Å². The zero-order valence-electron chi connectivity index (χ0n) is 13.0. The molecule has 2 saturated heterocycles. The smallest absolute Gasteiger partial charge is 0.270 e. The third-order valence-corrected chi connectivity index (χ3v) is 5.82. The van der Waals surface area contributed by atoms with Crippen molar-refractivity contribution in [1.29, 1.82) is 0 Å². The Hall–Kier alpha value is -2.10. The molecule has 1 N–H and O–H groups in total. The summed E-state index contributed by atoms with van der Waals surface area (Å²) in [6.45, 7) is 1.31. The molecule has 3 heterocycles. The van der Waals surface area contributed by atoms with Crippen LogP contribution in [-0.2, 0) is 14.3 Å². The summed E-state index contributed by atoms with van der Waals surface area (Å²) in [5.74, 6) is -2.47. The van der Waals surface area contributed by atoms with E-state index >= 15 is 0 Å². The molecule has 2 fully saturated rings. The molecule has 0 aliphatic carbocycles. The van der Waals surface area contributed by atoms with Crippen LogP contribution in [0.3, 0.4) is 0 Å². The lowest BCUT2D eigenvalue weighted by atomic mass is 9.73. The van der Waals surface area contributed by atoms with E-state index in [4.69, 9.17) is 4.74 Å². The molecule has 0 aromatic heterocycles. The van der Waals surface area contributed by atoms with Gasteiger partial charge in [0.05, 0.1) is 34.7 Å². The number of halogens is 1. The lowest BCUT2D eigenvalue weighted by Crippen LogP contribution is -2.43. The van der Waals surface area contributed by atoms with E-state index in [0.717, 1.165) is 4.90 Å². The van der Waals surface area contributed by atoms with Gasteiger partial charge in [-0.15, -0.1) is 0 Å². The Morgan fingerprint density at radius 2 is 2.00 bits per heavy atom. The second kappa shape index (κ2) is 4.96. The number of aliphatic hydroxyl groups excluding tert-OH is 1. The molecule has 8 nitrogen and oxygen atoms in total. The number of ether oxygens (including phenoxy) is 1. The molecule has 3 aliphatic heterocycles. The van der Waals surface area contributed by atoms with E-state index in [9.17, 15) is 24.8 Å². The van der Waals surface area contributed by atoms with Gasteiger partial charge in [-0.05, 0) is 28.9 Å². The number of aliphatic hydroxyl groups is 1. The number of nitro groups is 1. The molecule has 0 spiro atoms. The summed E-state index contributed by atoms with van der Waals surface area (Å²) in [5, 5.41) is 20.7. The highest BCUT2D eigenvalue weighted by atomic mass is 79.9. The molecule has 130 valence electrons. The van der Waals surface area contributed by atoms with Gasteiger partial charge in [0, 0.05) is 16.6 Å². The number of anilines is 1. The molecular formula is C16H13BrN2O6. The van der Waals surface area contributed by atoms with Gasteiger partial charge in [0.15, 0.2) is 0 Å². The van der Waals surface area contributed by atoms with Crippen molar-refractivity contribution < 1.29 is 24.4 Å². The highest BCUT2D eigenvalue weighted by Gasteiger charge is 2.72. The summed E-state index contributed by atoms with van der Waals surface area (Å²) in [6, 6.07) is 3.85. The number of hydrogen-bond acceptors (Lipinski definition) is 6. The summed E-state index contributed by atoms with van der Waals surface area (Å²) in [4.78, 5) is 37.3. The van der Waals surface area contributed by atoms with E-state index < -0.39 is 46.4 Å². The highest BCUT2D eigenvalue weighted by Crippen LogP contribution is 2.57. The van der Waals surface area contributed by atoms with Gasteiger partial charge in [0.2, 0.25) is 11.8 Å². The third kappa shape index (κ3) is 1.94. The highest BCUT2D eigenvalue weighted by molar-refractivity contribution is 9.10. The maximum Gasteiger partial charge on any atom is 0.270 e. The second-order valence-corrected chi connectivity index (χ2v) is 7.45. The molecule has 4 rings (SSSR count). The number of nitro benzene ring substituents is 1. The van der Waals surface area contributed by atoms with Gasteiger partial charge in [-0.2, -0.15) is 0 Å². The van der Waals surface area contributed by atoms with Crippen LogP contribution in [0.1, 0.15) is 6.92 Å². The molecule has 0 unspecified atom stereocenters. The van der Waals surface area contributed by atoms with Crippen molar-refractivity contribution in [2.75, 3.05) is 11.5 Å². The largest absolute Gasteiger partial charge is 0.393 e. The first kappa shape index (κ1) is 16.4. The standard InChI is InChI=1S/C16H13BrN2O6/c1-15-4-5-16(7-20,25-15)12-11(15)13(21)18(14(12)22)10-3-2-8(19(23)24)6-9(10)17/h2-6,11-12,20H,7H2,1H3/t11-,12-,15-,16-/m0/s1. The van der Waals surface area contributed by atoms with Crippen LogP contribution in [0.15, 0.2) is 34.8 Å². The Morgan fingerprint density at radius 3 is 2.60 bits per heavy atom. The number of imide groups is 1. The minimum atomic E-state index is -1.20. The number of carbonyl (C=O) groups is 2. The van der Waals surface area contributed by atoms with Crippen LogP contribution in [0.5, 0.6) is 0 Å². The van der Waals surface area contributed by atoms with Gasteiger partial charge >= 0.3 is 0 Å². The van der Waals surface area contributed by atoms with Crippen molar-refractivity contribution >= 4 is 39.1 Å². The summed E-state index contributed by atoms with van der Waals surface area (Å²) in [6.07, 6.45) is 3.36. The van der Waals surface area contributed by atoms with E-state index in [0.29, 0.717) is 0 Å². The Kier molecular flexibility index (Phi) is 3.25. The Balaban J connectivity index is 1.79. The molecule has 2 amide bonds. The number of fused-ring (bicyclic) bond motifs is 5. The maximum atomic E-state index is 13.0. The van der Waals surface area contributed by atoms with Gasteiger partial charge in [-0.3, -0.25) is 19.7 Å². The second-order valence-electron chi connectivity index (χ2n) is 6.59. The first-order valence-electron chi connectivity index (χ1n) is 7.57. The van der Waals surface area contributed by atoms with Crippen molar-refractivity contribution in [1.82, 2.24) is 0 Å². The Bertz CT molecular complexity index is 870. The first-order chi connectivity index (χ1) is 11.7. The molecule has 25 heavy (non-hydrogen) atoms. The third-order valence-electron chi connectivity index (χ3n) is 5.19. The van der Waals surface area contributed by atoms with E-state index in [2.05, 4.69) is 15.9 Å². The van der Waals surface area contributed by atoms with E-state index in [-0.39, 0.29) is 15.8 Å². The van der Waals surface area contributed by atoms with E-state index in [1.165, 1.54) is 18.2 Å². The van der Waals surface area contributed by atoms with Gasteiger partial charge < -0.3 is 9.84 Å². The fourth-order valence-electron chi connectivity index (χ4n) is 4.07. The Labute approximate surface area is 150 Å². The summed E-state index contributed by atoms with van der Waals surface area (Å²) < 4.78 is 6.11. The minimum Gasteiger partial charge on any atom is -0.393 e. The Morgan fingerprint density at radius 1 is 1.32 bits per heavy atom. The van der Waals surface area contributed by atoms with Crippen molar-refractivity contribution in [3.63, 3.8) is 0 Å². The van der Waals surface area contributed by atoms with Crippen LogP contribution in [0.2, 0.25) is 0 Å². The molecule has 1 aromatic rings. The fraction of sp³-hybridized carbons (Fsp3) is 0.375. The monoisotopic (exact) mass is 408 g/mol. The number of non-ortho nitro benzene ring substituents is 1. The molecular weight excluding hydrogens is 396 g/mol. The van der Waals surface area contributed by atoms with Crippen LogP contribution in [0, 0.1) is 22.0 Å². The first-order valence-corrected chi connectivity index (χ1v) is 8.36. The quantitative estimate of drug-likeness (QED) is 0.351. The van der Waals surface area contributed by atoms with Crippen molar-refractivity contribution in [3.05, 3.63) is 44.9 Å². The number of rotatable bonds is 3. The van der Waals surface area contributed by atoms with Gasteiger partial charge in [0.25, 0.3) is 5.69 Å². The number of nitrogens with zero attached hydrogens (tertiary/aromatic N) is 2. The summed E-state index contributed by atoms with van der Waals surface area (Å²) >= 11 is 3.20. The average Bonchev–Trinajstić information content (AvgIpc) is 3.14. The molecule has 2 bridgehead atoms. The van der Waals surface area contributed by atoms with E-state index in [1.807, 2.05) is 0 Å². The molecule has 1 aromatic carbocycles. The zero-order valence-corrected chi connectivity index (χ0v) is 14.6. The average molecular weight is 409 g/mol. The van der Waals surface area contributed by atoms with Crippen molar-refractivity contribution in [2.45, 2.75) is 18.1 Å². The van der Waals surface area contributed by atoms with Crippen LogP contribution >= 0.6 is 15.9 Å². The lowest BCUT2D eigenvalue weighted by Gasteiger charge is -2.27. The van der Waals surface area contributed by atoms with Gasteiger partial charge in [-0.1, -0.05) is 12.2 Å². The van der Waals surface area contributed by atoms with Crippen molar-refractivity contribution in [3.8, 4) is 0 Å². The minimum absolute atomic E-state index is 0.154. The zero-order chi connectivity index (χ0) is 18.1. The molecule has 0 saturated carbocycles. The molecule has 4 atom stereocenters. The maximum absolute atomic E-state index is 13.0. The SMILES string of the molecule is C[C@@]12C=C[C@@](CO)(O1)[C@@H]1C(=O)N(c3ccc([N+](=O)[O-])cc3Br)C(=O)[C@H]12. The fourth-order valence-corrected chi connectivity index (χ4v) is 4.61. The summed E-state index contributed by atoms with van der Waals surface area (Å²) in [5.41, 5.74) is -2.07. The number of hydrogen-bond donors (Lipinski definition) is 1. The number of carbonyl (C=O) groups excluding carboxylic acids is 2. The lowest BCUT2D eigenvalue weighted by molar-refractivity contribution is -0.384. The van der Waals surface area contributed by atoms with Crippen molar-refractivity contribution in [2.24, 2.45) is 11.8 Å². The number of amides is 2. The number of benzene rings is 1. The predicted octanol–water partition coefficient (Wildman–Crippen LogP) is 1.55. The van der Waals surface area contributed by atoms with E-state index in [1.54, 1.807) is 19.1 Å². The van der Waals surface area contributed by atoms with Crippen LogP contribution in [0.25, 0.3) is 0 Å². The molecule has 0 radical (unpaired) electrons. The predicted molar refractivity (Wildman–Crippen MR) is 88.7 cm³/mol. The van der Waals surface area contributed by atoms with Gasteiger partial charge in [-0.25, -0.2) is 4.90 Å². The summed E-state index contributed by atoms with van der Waals surface area (Å²) in [7, 11) is 0.